The van der Waals surface area contributed by atoms with Crippen LogP contribution in [-0.4, -0.2) is 30.3 Å². The molecule has 0 saturated carbocycles. The second-order valence-electron chi connectivity index (χ2n) is 7.88. The Hall–Kier alpha value is -3.84. The maximum Gasteiger partial charge on any atom is 0.340 e. The first kappa shape index (κ1) is 23.3. The summed E-state index contributed by atoms with van der Waals surface area (Å²) in [5.74, 6) is 1.27. The van der Waals surface area contributed by atoms with Crippen LogP contribution in [0.3, 0.4) is 0 Å². The van der Waals surface area contributed by atoms with E-state index in [1.807, 2.05) is 61.5 Å². The molecule has 0 aromatic heterocycles. The predicted octanol–water partition coefficient (Wildman–Crippen LogP) is 5.08. The van der Waals surface area contributed by atoms with Crippen LogP contribution in [0.15, 0.2) is 60.7 Å². The first-order valence-corrected chi connectivity index (χ1v) is 11.2. The largest absolute Gasteiger partial charge is 0.489 e. The maximum absolute atomic E-state index is 12.3. The highest BCUT2D eigenvalue weighted by molar-refractivity contribution is 5.97. The highest BCUT2D eigenvalue weighted by atomic mass is 16.6. The number of cyclic esters (lactones) is 1. The molecule has 0 amide bonds. The Labute approximate surface area is 197 Å². The Kier molecular flexibility index (Phi) is 7.44. The van der Waals surface area contributed by atoms with Crippen LogP contribution in [0.5, 0.6) is 23.0 Å². The number of unbranched alkanes of at least 4 members (excludes halogenated alkanes) is 1. The summed E-state index contributed by atoms with van der Waals surface area (Å²) in [7, 11) is 0. The number of para-hydroxylation sites is 1. The van der Waals surface area contributed by atoms with E-state index in [1.54, 1.807) is 0 Å². The summed E-state index contributed by atoms with van der Waals surface area (Å²) >= 11 is 0. The van der Waals surface area contributed by atoms with Gasteiger partial charge in [0.25, 0.3) is 0 Å². The standard InChI is InChI=1S/C27H26O7/c1-2-3-13-31-26-23(16-28)21-15-25(29)34-27(30)22(21)14-24(26)32-17-18-9-11-20(12-10-18)33-19-7-5-4-6-8-19/h4-12,14,16,25,29H,2-3,13,15,17H2,1H3. The Morgan fingerprint density at radius 3 is 2.50 bits per heavy atom. The van der Waals surface area contributed by atoms with Crippen molar-refractivity contribution in [1.29, 1.82) is 0 Å². The summed E-state index contributed by atoms with van der Waals surface area (Å²) < 4.78 is 22.6. The molecule has 34 heavy (non-hydrogen) atoms. The summed E-state index contributed by atoms with van der Waals surface area (Å²) in [5, 5.41) is 9.85. The van der Waals surface area contributed by atoms with Crippen molar-refractivity contribution in [2.24, 2.45) is 0 Å². The van der Waals surface area contributed by atoms with Gasteiger partial charge in [-0.25, -0.2) is 4.79 Å². The summed E-state index contributed by atoms with van der Waals surface area (Å²) in [5.41, 5.74) is 1.66. The zero-order chi connectivity index (χ0) is 23.9. The smallest absolute Gasteiger partial charge is 0.340 e. The van der Waals surface area contributed by atoms with Crippen LogP contribution in [0.4, 0.5) is 0 Å². The zero-order valence-electron chi connectivity index (χ0n) is 18.9. The predicted molar refractivity (Wildman–Crippen MR) is 125 cm³/mol. The minimum Gasteiger partial charge on any atom is -0.489 e. The summed E-state index contributed by atoms with van der Waals surface area (Å²) in [4.78, 5) is 24.3. The number of hydrogen-bond donors (Lipinski definition) is 1. The molecule has 1 unspecified atom stereocenters. The maximum atomic E-state index is 12.3. The molecule has 7 nitrogen and oxygen atoms in total. The number of carbonyl (C=O) groups excluding carboxylic acids is 2. The number of rotatable bonds is 10. The molecular formula is C27H26O7. The van der Waals surface area contributed by atoms with Gasteiger partial charge < -0.3 is 24.1 Å². The molecule has 0 radical (unpaired) electrons. The normalized spacial score (nSPS) is 14.6. The number of benzene rings is 3. The van der Waals surface area contributed by atoms with Crippen molar-refractivity contribution in [3.8, 4) is 23.0 Å². The van der Waals surface area contributed by atoms with Gasteiger partial charge in [0.1, 0.15) is 18.1 Å². The van der Waals surface area contributed by atoms with Crippen LogP contribution < -0.4 is 14.2 Å². The molecular weight excluding hydrogens is 436 g/mol. The third-order valence-corrected chi connectivity index (χ3v) is 5.39. The molecule has 0 fully saturated rings. The van der Waals surface area contributed by atoms with Gasteiger partial charge in [0.2, 0.25) is 6.29 Å². The van der Waals surface area contributed by atoms with Gasteiger partial charge >= 0.3 is 5.97 Å². The number of ether oxygens (including phenoxy) is 4. The second kappa shape index (κ2) is 10.9. The number of fused-ring (bicyclic) bond motifs is 1. The number of aldehydes is 1. The van der Waals surface area contributed by atoms with Crippen molar-refractivity contribution < 1.29 is 33.6 Å². The van der Waals surface area contributed by atoms with Crippen LogP contribution in [0.25, 0.3) is 0 Å². The van der Waals surface area contributed by atoms with Crippen molar-refractivity contribution in [3.05, 3.63) is 82.9 Å². The van der Waals surface area contributed by atoms with Crippen molar-refractivity contribution in [2.45, 2.75) is 39.1 Å². The lowest BCUT2D eigenvalue weighted by molar-refractivity contribution is -0.0688. The molecule has 1 heterocycles. The van der Waals surface area contributed by atoms with E-state index in [4.69, 9.17) is 18.9 Å². The fourth-order valence-corrected chi connectivity index (χ4v) is 3.64. The third-order valence-electron chi connectivity index (χ3n) is 5.39. The van der Waals surface area contributed by atoms with Gasteiger partial charge in [-0.15, -0.1) is 0 Å². The number of esters is 1. The number of aliphatic hydroxyl groups excluding tert-OH is 1. The molecule has 3 aromatic rings. The van der Waals surface area contributed by atoms with Crippen LogP contribution >= 0.6 is 0 Å². The minimum absolute atomic E-state index is 0.0163. The molecule has 0 saturated heterocycles. The molecule has 0 aliphatic carbocycles. The van der Waals surface area contributed by atoms with Gasteiger partial charge in [-0.1, -0.05) is 43.7 Å². The summed E-state index contributed by atoms with van der Waals surface area (Å²) in [6, 6.07) is 18.4. The van der Waals surface area contributed by atoms with Gasteiger partial charge in [0.15, 0.2) is 17.8 Å². The Bertz CT molecular complexity index is 1140. The molecule has 1 N–H and O–H groups in total. The quantitative estimate of drug-likeness (QED) is 0.255. The molecule has 1 aliphatic rings. The van der Waals surface area contributed by atoms with Crippen LogP contribution in [0.2, 0.25) is 0 Å². The first-order valence-electron chi connectivity index (χ1n) is 11.2. The van der Waals surface area contributed by atoms with E-state index in [0.29, 0.717) is 24.2 Å². The number of hydrogen-bond acceptors (Lipinski definition) is 7. The fourth-order valence-electron chi connectivity index (χ4n) is 3.64. The highest BCUT2D eigenvalue weighted by Gasteiger charge is 2.31. The molecule has 1 aliphatic heterocycles. The van der Waals surface area contributed by atoms with E-state index in [2.05, 4.69) is 0 Å². The SMILES string of the molecule is CCCCOc1c(OCc2ccc(Oc3ccccc3)cc2)cc2c(c1C=O)CC(O)OC2=O. The van der Waals surface area contributed by atoms with Crippen LogP contribution in [0.1, 0.15) is 51.6 Å². The lowest BCUT2D eigenvalue weighted by Crippen LogP contribution is -2.28. The molecule has 176 valence electrons. The van der Waals surface area contributed by atoms with Gasteiger partial charge in [0.05, 0.1) is 17.7 Å². The van der Waals surface area contributed by atoms with E-state index < -0.39 is 12.3 Å². The number of carbonyl (C=O) groups is 2. The average molecular weight is 462 g/mol. The highest BCUT2D eigenvalue weighted by Crippen LogP contribution is 2.39. The van der Waals surface area contributed by atoms with Crippen molar-refractivity contribution in [2.75, 3.05) is 6.61 Å². The number of aliphatic hydroxyl groups is 1. The van der Waals surface area contributed by atoms with Crippen molar-refractivity contribution in [3.63, 3.8) is 0 Å². The molecule has 7 heteroatoms. The van der Waals surface area contributed by atoms with E-state index in [0.717, 1.165) is 24.2 Å². The lowest BCUT2D eigenvalue weighted by Gasteiger charge is -2.25. The van der Waals surface area contributed by atoms with Gasteiger partial charge in [-0.2, -0.15) is 0 Å². The first-order chi connectivity index (χ1) is 16.6. The topological polar surface area (TPSA) is 91.3 Å². The van der Waals surface area contributed by atoms with E-state index in [-0.39, 0.29) is 35.7 Å². The molecule has 3 aromatic carbocycles. The van der Waals surface area contributed by atoms with E-state index in [9.17, 15) is 14.7 Å². The van der Waals surface area contributed by atoms with Crippen LogP contribution in [0, 0.1) is 0 Å². The van der Waals surface area contributed by atoms with Gasteiger partial charge in [-0.05, 0) is 47.9 Å². The Balaban J connectivity index is 1.56. The summed E-state index contributed by atoms with van der Waals surface area (Å²) in [6.45, 7) is 2.61. The molecule has 4 rings (SSSR count). The lowest BCUT2D eigenvalue weighted by atomic mass is 9.95. The zero-order valence-corrected chi connectivity index (χ0v) is 18.9. The van der Waals surface area contributed by atoms with Gasteiger partial charge in [0, 0.05) is 6.42 Å². The van der Waals surface area contributed by atoms with Crippen molar-refractivity contribution in [1.82, 2.24) is 0 Å². The molecule has 1 atom stereocenters. The monoisotopic (exact) mass is 462 g/mol. The van der Waals surface area contributed by atoms with E-state index >= 15 is 0 Å². The average Bonchev–Trinajstić information content (AvgIpc) is 2.84. The molecule has 0 bridgehead atoms. The van der Waals surface area contributed by atoms with Crippen molar-refractivity contribution >= 4 is 12.3 Å². The van der Waals surface area contributed by atoms with Crippen LogP contribution in [-0.2, 0) is 17.8 Å². The third kappa shape index (κ3) is 5.38. The minimum atomic E-state index is -1.30. The molecule has 0 spiro atoms. The fraction of sp³-hybridized carbons (Fsp3) is 0.259. The van der Waals surface area contributed by atoms with E-state index in [1.165, 1.54) is 6.07 Å². The Morgan fingerprint density at radius 2 is 1.79 bits per heavy atom. The van der Waals surface area contributed by atoms with Gasteiger partial charge in [-0.3, -0.25) is 4.79 Å². The second-order valence-corrected chi connectivity index (χ2v) is 7.88. The summed E-state index contributed by atoms with van der Waals surface area (Å²) in [6.07, 6.45) is 1.06. The Morgan fingerprint density at radius 1 is 1.06 bits per heavy atom.